The Morgan fingerprint density at radius 1 is 1.00 bits per heavy atom. The molecule has 0 spiro atoms. The minimum Gasteiger partial charge on any atom is -0.493 e. The predicted octanol–water partition coefficient (Wildman–Crippen LogP) is 4.13. The smallest absolute Gasteiger partial charge is 0.261 e. The van der Waals surface area contributed by atoms with Crippen LogP contribution in [0.1, 0.15) is 23.2 Å². The van der Waals surface area contributed by atoms with Gasteiger partial charge in [0.2, 0.25) is 0 Å². The predicted molar refractivity (Wildman–Crippen MR) is 115 cm³/mol. The van der Waals surface area contributed by atoms with Crippen molar-refractivity contribution < 1.29 is 14.3 Å². The number of fused-ring (bicyclic) bond motifs is 1. The largest absolute Gasteiger partial charge is 0.493 e. The third kappa shape index (κ3) is 3.58. The molecule has 150 valence electrons. The topological polar surface area (TPSA) is 54.9 Å². The summed E-state index contributed by atoms with van der Waals surface area (Å²) in [6.45, 7) is 1.84. The van der Waals surface area contributed by atoms with Crippen LogP contribution in [0.2, 0.25) is 0 Å². The molecule has 1 saturated heterocycles. The molecule has 0 radical (unpaired) electrons. The maximum Gasteiger partial charge on any atom is 0.261 e. The molecule has 0 N–H and O–H groups in total. The molecular formula is C23H25N3O3. The van der Waals surface area contributed by atoms with E-state index in [2.05, 4.69) is 4.90 Å². The molecule has 1 amide bonds. The number of ether oxygens (including phenoxy) is 2. The number of nitrogens with zero attached hydrogens (tertiary/aromatic N) is 3. The molecule has 3 aromatic rings. The van der Waals surface area contributed by atoms with Gasteiger partial charge >= 0.3 is 0 Å². The van der Waals surface area contributed by atoms with Gasteiger partial charge in [0.15, 0.2) is 11.5 Å². The Morgan fingerprint density at radius 3 is 2.45 bits per heavy atom. The Morgan fingerprint density at radius 2 is 1.72 bits per heavy atom. The van der Waals surface area contributed by atoms with Gasteiger partial charge in [-0.05, 0) is 37.1 Å². The molecule has 1 aliphatic heterocycles. The number of carbonyl (C=O) groups is 1. The van der Waals surface area contributed by atoms with E-state index in [1.807, 2.05) is 36.4 Å². The molecule has 2 aromatic carbocycles. The summed E-state index contributed by atoms with van der Waals surface area (Å²) >= 11 is 0. The van der Waals surface area contributed by atoms with Gasteiger partial charge in [0.05, 0.1) is 25.3 Å². The average Bonchev–Trinajstić information content (AvgIpc) is 3.31. The summed E-state index contributed by atoms with van der Waals surface area (Å²) in [5.41, 5.74) is 2.25. The van der Waals surface area contributed by atoms with E-state index in [0.29, 0.717) is 17.1 Å². The number of para-hydroxylation sites is 1. The molecule has 2 heterocycles. The van der Waals surface area contributed by atoms with Crippen LogP contribution in [0, 0.1) is 0 Å². The van der Waals surface area contributed by atoms with Gasteiger partial charge in [0.1, 0.15) is 5.82 Å². The number of pyridine rings is 1. The van der Waals surface area contributed by atoms with Gasteiger partial charge in [-0.2, -0.15) is 0 Å². The van der Waals surface area contributed by atoms with E-state index in [-0.39, 0.29) is 5.91 Å². The van der Waals surface area contributed by atoms with E-state index in [9.17, 15) is 4.79 Å². The Hall–Kier alpha value is -3.28. The van der Waals surface area contributed by atoms with Crippen LogP contribution < -0.4 is 19.3 Å². The summed E-state index contributed by atoms with van der Waals surface area (Å²) in [6.07, 6.45) is 2.24. The first-order chi connectivity index (χ1) is 14.1. The fraction of sp³-hybridized carbons (Fsp3) is 0.304. The highest BCUT2D eigenvalue weighted by atomic mass is 16.5. The maximum atomic E-state index is 13.5. The van der Waals surface area contributed by atoms with Crippen LogP contribution in [0.3, 0.4) is 0 Å². The van der Waals surface area contributed by atoms with Crippen molar-refractivity contribution in [1.82, 2.24) is 4.98 Å². The van der Waals surface area contributed by atoms with Crippen molar-refractivity contribution in [3.63, 3.8) is 0 Å². The molecule has 0 atom stereocenters. The summed E-state index contributed by atoms with van der Waals surface area (Å²) in [6, 6.07) is 15.3. The Balaban J connectivity index is 1.76. The van der Waals surface area contributed by atoms with E-state index in [0.717, 1.165) is 48.3 Å². The standard InChI is InChI=1S/C23H25N3O3/c1-25(17-10-11-20(28-2)21(15-17)29-3)23(27)18-14-16-8-4-5-9-19(16)24-22(18)26-12-6-7-13-26/h4-5,8-11,14-15H,6-7,12-13H2,1-3H3. The quantitative estimate of drug-likeness (QED) is 0.655. The van der Waals surface area contributed by atoms with Crippen molar-refractivity contribution in [2.24, 2.45) is 0 Å². The highest BCUT2D eigenvalue weighted by molar-refractivity contribution is 6.10. The van der Waals surface area contributed by atoms with Crippen molar-refractivity contribution in [2.75, 3.05) is 44.2 Å². The van der Waals surface area contributed by atoms with Gasteiger partial charge < -0.3 is 19.3 Å². The SMILES string of the molecule is COc1ccc(N(C)C(=O)c2cc3ccccc3nc2N2CCCC2)cc1OC. The van der Waals surface area contributed by atoms with Gasteiger partial charge in [0, 0.05) is 37.3 Å². The Bertz CT molecular complexity index is 1040. The molecule has 0 saturated carbocycles. The van der Waals surface area contributed by atoms with Crippen molar-refractivity contribution in [3.05, 3.63) is 54.1 Å². The maximum absolute atomic E-state index is 13.5. The molecule has 1 aliphatic rings. The number of rotatable bonds is 5. The third-order valence-corrected chi connectivity index (χ3v) is 5.40. The number of benzene rings is 2. The van der Waals surface area contributed by atoms with Crippen molar-refractivity contribution in [2.45, 2.75) is 12.8 Å². The summed E-state index contributed by atoms with van der Waals surface area (Å²) in [4.78, 5) is 22.2. The van der Waals surface area contributed by atoms with Crippen LogP contribution in [-0.2, 0) is 0 Å². The number of hydrogen-bond donors (Lipinski definition) is 0. The van der Waals surface area contributed by atoms with Crippen LogP contribution in [0.15, 0.2) is 48.5 Å². The van der Waals surface area contributed by atoms with Gasteiger partial charge in [-0.1, -0.05) is 18.2 Å². The monoisotopic (exact) mass is 391 g/mol. The third-order valence-electron chi connectivity index (χ3n) is 5.40. The zero-order valence-electron chi connectivity index (χ0n) is 17.0. The summed E-state index contributed by atoms with van der Waals surface area (Å²) in [7, 11) is 4.95. The zero-order chi connectivity index (χ0) is 20.4. The van der Waals surface area contributed by atoms with Crippen LogP contribution in [0.25, 0.3) is 10.9 Å². The first-order valence-corrected chi connectivity index (χ1v) is 9.77. The Labute approximate surface area is 170 Å². The number of amides is 1. The van der Waals surface area contributed by atoms with E-state index < -0.39 is 0 Å². The fourth-order valence-corrected chi connectivity index (χ4v) is 3.76. The lowest BCUT2D eigenvalue weighted by Crippen LogP contribution is -2.30. The fourth-order valence-electron chi connectivity index (χ4n) is 3.76. The second-order valence-corrected chi connectivity index (χ2v) is 7.15. The van der Waals surface area contributed by atoms with Gasteiger partial charge in [-0.15, -0.1) is 0 Å². The van der Waals surface area contributed by atoms with E-state index in [4.69, 9.17) is 14.5 Å². The van der Waals surface area contributed by atoms with Crippen LogP contribution >= 0.6 is 0 Å². The van der Waals surface area contributed by atoms with E-state index in [1.54, 1.807) is 38.3 Å². The van der Waals surface area contributed by atoms with E-state index in [1.165, 1.54) is 0 Å². The number of aromatic nitrogens is 1. The first kappa shape index (κ1) is 19.1. The van der Waals surface area contributed by atoms with Crippen molar-refractivity contribution >= 4 is 28.3 Å². The van der Waals surface area contributed by atoms with Crippen LogP contribution in [0.5, 0.6) is 11.5 Å². The molecule has 0 bridgehead atoms. The van der Waals surface area contributed by atoms with Gasteiger partial charge in [-0.25, -0.2) is 4.98 Å². The first-order valence-electron chi connectivity index (χ1n) is 9.77. The lowest BCUT2D eigenvalue weighted by molar-refractivity contribution is 0.0993. The van der Waals surface area contributed by atoms with Crippen molar-refractivity contribution in [3.8, 4) is 11.5 Å². The van der Waals surface area contributed by atoms with Gasteiger partial charge in [0.25, 0.3) is 5.91 Å². The molecule has 4 rings (SSSR count). The minimum atomic E-state index is -0.0997. The van der Waals surface area contributed by atoms with E-state index >= 15 is 0 Å². The lowest BCUT2D eigenvalue weighted by atomic mass is 10.1. The second kappa shape index (κ2) is 7.99. The minimum absolute atomic E-state index is 0.0997. The summed E-state index contributed by atoms with van der Waals surface area (Å²) in [5, 5.41) is 0.958. The number of methoxy groups -OCH3 is 2. The molecule has 29 heavy (non-hydrogen) atoms. The number of carbonyl (C=O) groups excluding carboxylic acids is 1. The van der Waals surface area contributed by atoms with Crippen LogP contribution in [-0.4, -0.2) is 45.2 Å². The molecule has 1 fully saturated rings. The molecule has 0 unspecified atom stereocenters. The Kier molecular flexibility index (Phi) is 5.25. The summed E-state index contributed by atoms with van der Waals surface area (Å²) < 4.78 is 10.7. The molecule has 1 aromatic heterocycles. The zero-order valence-corrected chi connectivity index (χ0v) is 17.0. The second-order valence-electron chi connectivity index (χ2n) is 7.15. The number of anilines is 2. The highest BCUT2D eigenvalue weighted by Gasteiger charge is 2.25. The molecule has 0 aliphatic carbocycles. The molecule has 6 heteroatoms. The normalized spacial score (nSPS) is 13.6. The van der Waals surface area contributed by atoms with Crippen molar-refractivity contribution in [1.29, 1.82) is 0 Å². The lowest BCUT2D eigenvalue weighted by Gasteiger charge is -2.24. The molecule has 6 nitrogen and oxygen atoms in total. The van der Waals surface area contributed by atoms with Gasteiger partial charge in [-0.3, -0.25) is 4.79 Å². The summed E-state index contributed by atoms with van der Waals surface area (Å²) in [5.74, 6) is 1.87. The highest BCUT2D eigenvalue weighted by Crippen LogP contribution is 2.33. The average molecular weight is 391 g/mol. The van der Waals surface area contributed by atoms with Crippen LogP contribution in [0.4, 0.5) is 11.5 Å². The number of hydrogen-bond acceptors (Lipinski definition) is 5. The molecular weight excluding hydrogens is 366 g/mol.